The van der Waals surface area contributed by atoms with Crippen molar-refractivity contribution in [2.75, 3.05) is 14.2 Å². The summed E-state index contributed by atoms with van der Waals surface area (Å²) in [4.78, 5) is 11.5. The number of benzene rings is 1. The van der Waals surface area contributed by atoms with E-state index in [9.17, 15) is 4.79 Å². The lowest BCUT2D eigenvalue weighted by Crippen LogP contribution is -2.42. The molecule has 0 aliphatic carbocycles. The number of ether oxygens (including phenoxy) is 1. The highest BCUT2D eigenvalue weighted by molar-refractivity contribution is 5.81. The van der Waals surface area contributed by atoms with Gasteiger partial charge in [0.25, 0.3) is 0 Å². The van der Waals surface area contributed by atoms with Gasteiger partial charge in [-0.2, -0.15) is 0 Å². The van der Waals surface area contributed by atoms with E-state index in [0.29, 0.717) is 0 Å². The van der Waals surface area contributed by atoms with Crippen LogP contribution in [-0.4, -0.2) is 26.1 Å². The maximum Gasteiger partial charge on any atom is 0.236 e. The molecule has 2 unspecified atom stereocenters. The summed E-state index contributed by atoms with van der Waals surface area (Å²) in [6.07, 6.45) is 0.891. The van der Waals surface area contributed by atoms with Gasteiger partial charge < -0.3 is 10.1 Å². The second-order valence-electron chi connectivity index (χ2n) is 4.21. The van der Waals surface area contributed by atoms with Crippen molar-refractivity contribution in [1.29, 1.82) is 0 Å². The molecule has 1 rings (SSSR count). The number of hydrogen-bond acceptors (Lipinski definition) is 3. The molecule has 0 saturated carbocycles. The van der Waals surface area contributed by atoms with Crippen LogP contribution in [0.4, 0.5) is 0 Å². The van der Waals surface area contributed by atoms with E-state index in [2.05, 4.69) is 17.6 Å². The van der Waals surface area contributed by atoms with Crippen molar-refractivity contribution in [3.05, 3.63) is 29.8 Å². The fraction of sp³-hybridized carbons (Fsp3) is 0.500. The Morgan fingerprint density at radius 1 is 1.39 bits per heavy atom. The Morgan fingerprint density at radius 2 is 2.06 bits per heavy atom. The molecule has 1 amide bonds. The van der Waals surface area contributed by atoms with Crippen molar-refractivity contribution >= 4 is 5.91 Å². The highest BCUT2D eigenvalue weighted by Crippen LogP contribution is 2.27. The molecule has 0 heterocycles. The first kappa shape index (κ1) is 14.5. The molecule has 2 atom stereocenters. The summed E-state index contributed by atoms with van der Waals surface area (Å²) in [5.41, 5.74) is 1.08. The molecule has 100 valence electrons. The minimum atomic E-state index is -0.232. The number of likely N-dealkylation sites (N-methyl/N-ethyl adjacent to an activating group) is 1. The standard InChI is InChI=1S/C14H22N2O2/c1-5-12(16-10(2)14(17)15-3)11-8-6-7-9-13(11)18-4/h6-10,12,16H,5H2,1-4H3,(H,15,17). The molecule has 0 aromatic heterocycles. The van der Waals surface area contributed by atoms with E-state index in [1.54, 1.807) is 14.2 Å². The van der Waals surface area contributed by atoms with Crippen LogP contribution >= 0.6 is 0 Å². The van der Waals surface area contributed by atoms with Gasteiger partial charge in [-0.25, -0.2) is 0 Å². The molecule has 1 aromatic rings. The van der Waals surface area contributed by atoms with E-state index in [0.717, 1.165) is 17.7 Å². The Labute approximate surface area is 109 Å². The minimum absolute atomic E-state index is 0.0108. The minimum Gasteiger partial charge on any atom is -0.496 e. The lowest BCUT2D eigenvalue weighted by molar-refractivity contribution is -0.122. The highest BCUT2D eigenvalue weighted by atomic mass is 16.5. The van der Waals surface area contributed by atoms with Gasteiger partial charge in [0.1, 0.15) is 5.75 Å². The lowest BCUT2D eigenvalue weighted by Gasteiger charge is -2.23. The predicted octanol–water partition coefficient (Wildman–Crippen LogP) is 1.87. The zero-order chi connectivity index (χ0) is 13.5. The molecule has 18 heavy (non-hydrogen) atoms. The summed E-state index contributed by atoms with van der Waals surface area (Å²) in [7, 11) is 3.30. The molecule has 0 fully saturated rings. The average molecular weight is 250 g/mol. The predicted molar refractivity (Wildman–Crippen MR) is 72.7 cm³/mol. The smallest absolute Gasteiger partial charge is 0.236 e. The number of methoxy groups -OCH3 is 1. The Balaban J connectivity index is 2.86. The van der Waals surface area contributed by atoms with Crippen molar-refractivity contribution in [3.8, 4) is 5.75 Å². The Morgan fingerprint density at radius 3 is 2.61 bits per heavy atom. The number of para-hydroxylation sites is 1. The molecule has 1 aromatic carbocycles. The molecular formula is C14H22N2O2. The zero-order valence-corrected chi connectivity index (χ0v) is 11.5. The van der Waals surface area contributed by atoms with Crippen LogP contribution in [0.1, 0.15) is 31.9 Å². The number of rotatable bonds is 6. The molecule has 0 aliphatic rings. The van der Waals surface area contributed by atoms with Crippen LogP contribution in [0.15, 0.2) is 24.3 Å². The monoisotopic (exact) mass is 250 g/mol. The fourth-order valence-corrected chi connectivity index (χ4v) is 1.98. The SMILES string of the molecule is CCC(NC(C)C(=O)NC)c1ccccc1OC. The van der Waals surface area contributed by atoms with Gasteiger partial charge in [0.05, 0.1) is 13.2 Å². The number of carbonyl (C=O) groups is 1. The maximum atomic E-state index is 11.5. The van der Waals surface area contributed by atoms with Crippen LogP contribution in [0, 0.1) is 0 Å². The van der Waals surface area contributed by atoms with Gasteiger partial charge in [-0.05, 0) is 19.4 Å². The van der Waals surface area contributed by atoms with Crippen molar-refractivity contribution in [2.24, 2.45) is 0 Å². The number of hydrogen-bond donors (Lipinski definition) is 2. The molecule has 0 radical (unpaired) electrons. The molecular weight excluding hydrogens is 228 g/mol. The molecule has 4 nitrogen and oxygen atoms in total. The normalized spacial score (nSPS) is 13.8. The van der Waals surface area contributed by atoms with Crippen molar-refractivity contribution in [1.82, 2.24) is 10.6 Å². The Hall–Kier alpha value is -1.55. The van der Waals surface area contributed by atoms with E-state index in [4.69, 9.17) is 4.74 Å². The largest absolute Gasteiger partial charge is 0.496 e. The third-order valence-electron chi connectivity index (χ3n) is 3.01. The molecule has 0 spiro atoms. The van der Waals surface area contributed by atoms with E-state index in [-0.39, 0.29) is 18.0 Å². The molecule has 0 aliphatic heterocycles. The van der Waals surface area contributed by atoms with Crippen LogP contribution < -0.4 is 15.4 Å². The van der Waals surface area contributed by atoms with Crippen LogP contribution in [0.25, 0.3) is 0 Å². The van der Waals surface area contributed by atoms with Crippen molar-refractivity contribution in [2.45, 2.75) is 32.4 Å². The van der Waals surface area contributed by atoms with Crippen LogP contribution in [0.2, 0.25) is 0 Å². The van der Waals surface area contributed by atoms with E-state index in [1.807, 2.05) is 31.2 Å². The third-order valence-corrected chi connectivity index (χ3v) is 3.01. The zero-order valence-electron chi connectivity index (χ0n) is 11.5. The maximum absolute atomic E-state index is 11.5. The first-order valence-electron chi connectivity index (χ1n) is 6.24. The van der Waals surface area contributed by atoms with Gasteiger partial charge in [-0.15, -0.1) is 0 Å². The van der Waals surface area contributed by atoms with Crippen molar-refractivity contribution in [3.63, 3.8) is 0 Å². The number of amides is 1. The van der Waals surface area contributed by atoms with Crippen LogP contribution in [0.3, 0.4) is 0 Å². The summed E-state index contributed by atoms with van der Waals surface area (Å²) in [6.45, 7) is 3.94. The fourth-order valence-electron chi connectivity index (χ4n) is 1.98. The number of nitrogens with one attached hydrogen (secondary N) is 2. The summed E-state index contributed by atoms with van der Waals surface area (Å²) in [5, 5.41) is 5.96. The molecule has 0 bridgehead atoms. The average Bonchev–Trinajstić information content (AvgIpc) is 2.43. The first-order chi connectivity index (χ1) is 8.63. The second kappa shape index (κ2) is 7.01. The van der Waals surface area contributed by atoms with Gasteiger partial charge in [-0.3, -0.25) is 10.1 Å². The van der Waals surface area contributed by atoms with Gasteiger partial charge >= 0.3 is 0 Å². The highest BCUT2D eigenvalue weighted by Gasteiger charge is 2.19. The molecule has 4 heteroatoms. The summed E-state index contributed by atoms with van der Waals surface area (Å²) in [6, 6.07) is 7.75. The summed E-state index contributed by atoms with van der Waals surface area (Å²) >= 11 is 0. The van der Waals surface area contributed by atoms with Crippen LogP contribution in [-0.2, 0) is 4.79 Å². The van der Waals surface area contributed by atoms with Crippen LogP contribution in [0.5, 0.6) is 5.75 Å². The second-order valence-corrected chi connectivity index (χ2v) is 4.21. The van der Waals surface area contributed by atoms with Gasteiger partial charge in [0, 0.05) is 18.7 Å². The van der Waals surface area contributed by atoms with Gasteiger partial charge in [-0.1, -0.05) is 25.1 Å². The summed E-state index contributed by atoms with van der Waals surface area (Å²) < 4.78 is 5.36. The van der Waals surface area contributed by atoms with E-state index < -0.39 is 0 Å². The lowest BCUT2D eigenvalue weighted by atomic mass is 10.0. The first-order valence-corrected chi connectivity index (χ1v) is 6.24. The number of carbonyl (C=O) groups excluding carboxylic acids is 1. The summed E-state index contributed by atoms with van der Waals surface area (Å²) in [5.74, 6) is 0.837. The topological polar surface area (TPSA) is 50.4 Å². The van der Waals surface area contributed by atoms with Gasteiger partial charge in [0.2, 0.25) is 5.91 Å². The van der Waals surface area contributed by atoms with E-state index in [1.165, 1.54) is 0 Å². The molecule has 0 saturated heterocycles. The quantitative estimate of drug-likeness (QED) is 0.810. The molecule has 2 N–H and O–H groups in total. The van der Waals surface area contributed by atoms with Crippen molar-refractivity contribution < 1.29 is 9.53 Å². The van der Waals surface area contributed by atoms with Gasteiger partial charge in [0.15, 0.2) is 0 Å². The Kier molecular flexibility index (Phi) is 5.65. The third kappa shape index (κ3) is 3.47. The van der Waals surface area contributed by atoms with E-state index >= 15 is 0 Å². The Bertz CT molecular complexity index is 393.